The zero-order valence-electron chi connectivity index (χ0n) is 28.3. The minimum Gasteiger partial charge on any atom is -0.493 e. The molecule has 1 amide bonds. The number of likely N-dealkylation sites (tertiary alicyclic amines) is 1. The molecule has 4 atom stereocenters. The van der Waals surface area contributed by atoms with Crippen molar-refractivity contribution in [2.45, 2.75) is 90.1 Å². The molecule has 0 bridgehead atoms. The van der Waals surface area contributed by atoms with Gasteiger partial charge in [-0.25, -0.2) is 4.39 Å². The second-order valence-electron chi connectivity index (χ2n) is 13.7. The van der Waals surface area contributed by atoms with E-state index in [0.717, 1.165) is 60.1 Å². The molecule has 0 aromatic heterocycles. The van der Waals surface area contributed by atoms with Crippen LogP contribution in [0.25, 0.3) is 0 Å². The number of amides is 1. The summed E-state index contributed by atoms with van der Waals surface area (Å²) in [7, 11) is 0. The average Bonchev–Trinajstić information content (AvgIpc) is 3.77. The number of aliphatic carboxylic acids is 1. The van der Waals surface area contributed by atoms with Gasteiger partial charge in [-0.1, -0.05) is 63.1 Å². The summed E-state index contributed by atoms with van der Waals surface area (Å²) in [5.74, 6) is -1.54. The number of hydrogen-bond donors (Lipinski definition) is 2. The predicted molar refractivity (Wildman–Crippen MR) is 184 cm³/mol. The van der Waals surface area contributed by atoms with E-state index in [-0.39, 0.29) is 30.2 Å². The normalized spacial score (nSPS) is 22.1. The van der Waals surface area contributed by atoms with Crippen LogP contribution >= 0.6 is 0 Å². The van der Waals surface area contributed by atoms with Crippen LogP contribution in [0.3, 0.4) is 0 Å². The van der Waals surface area contributed by atoms with Crippen molar-refractivity contribution in [3.05, 3.63) is 94.3 Å². The Morgan fingerprint density at radius 3 is 2.50 bits per heavy atom. The van der Waals surface area contributed by atoms with E-state index in [4.69, 9.17) is 4.74 Å². The second kappa shape index (κ2) is 14.8. The number of carboxylic acids is 1. The minimum absolute atomic E-state index is 0.0438. The molecule has 3 heterocycles. The van der Waals surface area contributed by atoms with Crippen LogP contribution in [0, 0.1) is 18.7 Å². The molecule has 8 nitrogen and oxygen atoms in total. The molecule has 0 aliphatic carbocycles. The summed E-state index contributed by atoms with van der Waals surface area (Å²) in [6.45, 7) is 8.06. The fraction of sp³-hybridized carbons (Fsp3) is 0.487. The van der Waals surface area contributed by atoms with Crippen LogP contribution in [0.15, 0.2) is 60.7 Å². The molecule has 48 heavy (non-hydrogen) atoms. The number of nitrogens with zero attached hydrogens (tertiary/aromatic N) is 3. The number of fused-ring (bicyclic) bond motifs is 2. The van der Waals surface area contributed by atoms with Crippen LogP contribution in [0.4, 0.5) is 10.1 Å². The molecule has 2 N–H and O–H groups in total. The summed E-state index contributed by atoms with van der Waals surface area (Å²) in [5.41, 5.74) is 5.13. The molecular weight excluding hydrogens is 609 g/mol. The van der Waals surface area contributed by atoms with Crippen molar-refractivity contribution in [2.24, 2.45) is 5.92 Å². The lowest BCUT2D eigenvalue weighted by Gasteiger charge is -2.35. The summed E-state index contributed by atoms with van der Waals surface area (Å²) in [4.78, 5) is 33.6. The van der Waals surface area contributed by atoms with Gasteiger partial charge in [-0.2, -0.15) is 0 Å². The van der Waals surface area contributed by atoms with Crippen LogP contribution in [0.1, 0.15) is 85.9 Å². The lowest BCUT2D eigenvalue weighted by atomic mass is 9.83. The first-order valence-corrected chi connectivity index (χ1v) is 17.5. The first-order valence-electron chi connectivity index (χ1n) is 17.5. The van der Waals surface area contributed by atoms with E-state index in [9.17, 15) is 24.2 Å². The summed E-state index contributed by atoms with van der Waals surface area (Å²) >= 11 is 0. The molecule has 0 radical (unpaired) electrons. The third-order valence-electron chi connectivity index (χ3n) is 10.6. The monoisotopic (exact) mass is 657 g/mol. The molecule has 0 saturated carbocycles. The molecule has 9 heteroatoms. The number of rotatable bonds is 13. The Hall–Kier alpha value is -3.79. The average molecular weight is 658 g/mol. The lowest BCUT2D eigenvalue weighted by Crippen LogP contribution is -2.48. The number of benzene rings is 3. The summed E-state index contributed by atoms with van der Waals surface area (Å²) < 4.78 is 20.1. The molecule has 1 fully saturated rings. The summed E-state index contributed by atoms with van der Waals surface area (Å²) in [6.07, 6.45) is 3.92. The standard InChI is InChI=1S/C39H48FN3O5/c1-4-8-29(9-5-2)43(30-13-14-33(40)25(3)20-30)36(44)24-42-23-32(26-12-15-35-27(21-26)17-19-48-35)37(39(46)47)34(42)16-18-41-22-28-10-6-7-11-31(28)38(41)45/h6-7,10-15,20-21,29,32,34,37-38,45H,4-5,8-9,16-19,22-24H2,1-3H3,(H,46,47)/t32-,34+,37-,38?/m1/s1. The molecule has 3 aliphatic rings. The van der Waals surface area contributed by atoms with Gasteiger partial charge in [0.15, 0.2) is 0 Å². The van der Waals surface area contributed by atoms with Crippen LogP contribution in [0.5, 0.6) is 5.75 Å². The van der Waals surface area contributed by atoms with Crippen LogP contribution < -0.4 is 9.64 Å². The zero-order valence-corrected chi connectivity index (χ0v) is 28.3. The quantitative estimate of drug-likeness (QED) is 0.219. The molecular formula is C39H48FN3O5. The Balaban J connectivity index is 1.32. The van der Waals surface area contributed by atoms with E-state index in [1.165, 1.54) is 6.07 Å². The van der Waals surface area contributed by atoms with Gasteiger partial charge in [-0.05, 0) is 78.3 Å². The maximum atomic E-state index is 14.5. The molecule has 1 unspecified atom stereocenters. The van der Waals surface area contributed by atoms with Crippen LogP contribution in [0.2, 0.25) is 0 Å². The fourth-order valence-corrected chi connectivity index (χ4v) is 8.21. The zero-order chi connectivity index (χ0) is 33.9. The topological polar surface area (TPSA) is 93.5 Å². The number of carboxylic acid groups (broad SMARTS) is 1. The van der Waals surface area contributed by atoms with Gasteiger partial charge in [0.2, 0.25) is 5.91 Å². The molecule has 3 aliphatic heterocycles. The third kappa shape index (κ3) is 6.86. The van der Waals surface area contributed by atoms with E-state index in [0.29, 0.717) is 43.9 Å². The maximum absolute atomic E-state index is 14.5. The largest absolute Gasteiger partial charge is 0.493 e. The Kier molecular flexibility index (Phi) is 10.5. The van der Waals surface area contributed by atoms with Gasteiger partial charge in [-0.3, -0.25) is 19.4 Å². The van der Waals surface area contributed by atoms with Crippen LogP contribution in [-0.2, 0) is 22.6 Å². The van der Waals surface area contributed by atoms with Crippen molar-refractivity contribution < 1.29 is 28.9 Å². The third-order valence-corrected chi connectivity index (χ3v) is 10.6. The predicted octanol–water partition coefficient (Wildman–Crippen LogP) is 6.44. The fourth-order valence-electron chi connectivity index (χ4n) is 8.21. The van der Waals surface area contributed by atoms with Crippen molar-refractivity contribution in [1.82, 2.24) is 9.80 Å². The van der Waals surface area contributed by atoms with Gasteiger partial charge >= 0.3 is 5.97 Å². The van der Waals surface area contributed by atoms with Gasteiger partial charge in [0, 0.05) is 49.7 Å². The van der Waals surface area contributed by atoms with Crippen molar-refractivity contribution >= 4 is 17.6 Å². The van der Waals surface area contributed by atoms with E-state index in [1.54, 1.807) is 19.1 Å². The van der Waals surface area contributed by atoms with Gasteiger partial charge in [0.25, 0.3) is 0 Å². The number of anilines is 1. The van der Waals surface area contributed by atoms with Crippen LogP contribution in [-0.4, -0.2) is 70.2 Å². The number of carbonyl (C=O) groups is 2. The van der Waals surface area contributed by atoms with Gasteiger partial charge in [0.1, 0.15) is 17.8 Å². The summed E-state index contributed by atoms with van der Waals surface area (Å²) in [6, 6.07) is 18.2. The maximum Gasteiger partial charge on any atom is 0.308 e. The minimum atomic E-state index is -0.886. The lowest BCUT2D eigenvalue weighted by molar-refractivity contribution is -0.143. The molecule has 6 rings (SSSR count). The highest BCUT2D eigenvalue weighted by Gasteiger charge is 2.48. The number of hydrogen-bond acceptors (Lipinski definition) is 6. The Bertz CT molecular complexity index is 1620. The smallest absolute Gasteiger partial charge is 0.308 e. The number of aliphatic hydroxyl groups excluding tert-OH is 1. The Labute approximate surface area is 283 Å². The van der Waals surface area contributed by atoms with Crippen molar-refractivity contribution in [1.29, 1.82) is 0 Å². The first kappa shape index (κ1) is 34.1. The SMILES string of the molecule is CCCC(CCC)N(C(=O)CN1C[C@H](c2ccc3c(c2)CCO3)[C@@H](C(=O)O)[C@@H]1CCN1Cc2ccccc2C1O)c1ccc(F)c(C)c1. The number of ether oxygens (including phenoxy) is 1. The van der Waals surface area contributed by atoms with E-state index < -0.39 is 24.2 Å². The second-order valence-corrected chi connectivity index (χ2v) is 13.7. The number of carbonyl (C=O) groups excluding carboxylic acids is 1. The van der Waals surface area contributed by atoms with Gasteiger partial charge in [-0.15, -0.1) is 0 Å². The van der Waals surface area contributed by atoms with Gasteiger partial charge in [0.05, 0.1) is 19.1 Å². The molecule has 0 spiro atoms. The highest BCUT2D eigenvalue weighted by Crippen LogP contribution is 2.42. The molecule has 1 saturated heterocycles. The van der Waals surface area contributed by atoms with Gasteiger partial charge < -0.3 is 19.8 Å². The van der Waals surface area contributed by atoms with E-state index in [1.807, 2.05) is 46.2 Å². The van der Waals surface area contributed by atoms with Crippen molar-refractivity contribution in [3.63, 3.8) is 0 Å². The number of aryl methyl sites for hydroxylation is 1. The molecule has 256 valence electrons. The highest BCUT2D eigenvalue weighted by atomic mass is 19.1. The Morgan fingerprint density at radius 1 is 1.02 bits per heavy atom. The molecule has 3 aromatic carbocycles. The highest BCUT2D eigenvalue weighted by molar-refractivity contribution is 5.95. The number of aliphatic hydroxyl groups is 1. The molecule has 3 aromatic rings. The number of halogens is 1. The summed E-state index contributed by atoms with van der Waals surface area (Å²) in [5, 5.41) is 21.9. The Morgan fingerprint density at radius 2 is 1.79 bits per heavy atom. The first-order chi connectivity index (χ1) is 23.2. The van der Waals surface area contributed by atoms with Crippen molar-refractivity contribution in [2.75, 3.05) is 31.1 Å². The van der Waals surface area contributed by atoms with Crippen molar-refractivity contribution in [3.8, 4) is 5.75 Å². The van der Waals surface area contributed by atoms with E-state index in [2.05, 4.69) is 24.8 Å². The van der Waals surface area contributed by atoms with E-state index >= 15 is 0 Å².